The number of ether oxygens (including phenoxy) is 1. The molecule has 1 aliphatic rings. The molecule has 0 saturated carbocycles. The normalized spacial score (nSPS) is 27.9. The lowest BCUT2D eigenvalue weighted by Gasteiger charge is -2.31. The molecule has 1 aromatic heterocycles. The number of hydrogen-bond donors (Lipinski definition) is 1. The molecule has 1 fully saturated rings. The summed E-state index contributed by atoms with van der Waals surface area (Å²) in [6.45, 7) is 8.37. The first-order chi connectivity index (χ1) is 8.54. The van der Waals surface area contributed by atoms with E-state index in [1.54, 1.807) is 0 Å². The van der Waals surface area contributed by atoms with Crippen LogP contribution in [0, 0.1) is 12.3 Å². The average molecular weight is 272 g/mol. The summed E-state index contributed by atoms with van der Waals surface area (Å²) in [4.78, 5) is 0. The molecular weight excluding hydrogens is 250 g/mol. The van der Waals surface area contributed by atoms with Gasteiger partial charge in [-0.25, -0.2) is 0 Å². The lowest BCUT2D eigenvalue weighted by atomic mass is 9.77. The first-order valence-corrected chi connectivity index (χ1v) is 6.95. The topological polar surface area (TPSA) is 53.1 Å². The maximum absolute atomic E-state index is 6.37. The van der Waals surface area contributed by atoms with Crippen LogP contribution in [0.2, 0.25) is 5.02 Å². The second kappa shape index (κ2) is 5.19. The molecule has 0 spiro atoms. The summed E-state index contributed by atoms with van der Waals surface area (Å²) in [6, 6.07) is 0. The highest BCUT2D eigenvalue weighted by atomic mass is 35.5. The van der Waals surface area contributed by atoms with Gasteiger partial charge in [0.1, 0.15) is 0 Å². The summed E-state index contributed by atoms with van der Waals surface area (Å²) in [5, 5.41) is 5.25. The van der Waals surface area contributed by atoms with Crippen LogP contribution in [0.3, 0.4) is 0 Å². The number of nitrogens with two attached hydrogens (primary N) is 1. The molecule has 1 aromatic rings. The first-order valence-electron chi connectivity index (χ1n) is 6.57. The zero-order chi connectivity index (χ0) is 13.3. The maximum atomic E-state index is 6.37. The van der Waals surface area contributed by atoms with Gasteiger partial charge in [-0.2, -0.15) is 5.10 Å². The molecule has 1 saturated heterocycles. The summed E-state index contributed by atoms with van der Waals surface area (Å²) >= 11 is 6.37. The van der Waals surface area contributed by atoms with Crippen molar-refractivity contribution in [2.24, 2.45) is 11.1 Å². The van der Waals surface area contributed by atoms with Gasteiger partial charge in [0.2, 0.25) is 0 Å². The summed E-state index contributed by atoms with van der Waals surface area (Å²) < 4.78 is 7.69. The van der Waals surface area contributed by atoms with Crippen LogP contribution in [0.4, 0.5) is 0 Å². The van der Waals surface area contributed by atoms with Crippen LogP contribution in [0.25, 0.3) is 0 Å². The smallest absolute Gasteiger partial charge is 0.0847 e. The molecule has 18 heavy (non-hydrogen) atoms. The highest BCUT2D eigenvalue weighted by Crippen LogP contribution is 2.39. The van der Waals surface area contributed by atoms with Gasteiger partial charge in [-0.1, -0.05) is 11.6 Å². The third-order valence-electron chi connectivity index (χ3n) is 4.21. The van der Waals surface area contributed by atoms with E-state index in [-0.39, 0.29) is 11.5 Å². The van der Waals surface area contributed by atoms with E-state index in [9.17, 15) is 0 Å². The van der Waals surface area contributed by atoms with Gasteiger partial charge in [0, 0.05) is 31.5 Å². The molecule has 5 heteroatoms. The van der Waals surface area contributed by atoms with Crippen LogP contribution < -0.4 is 5.73 Å². The molecule has 0 aromatic carbocycles. The SMILES string of the molecule is CCn1nc(C)c(Cl)c1CC1(CN)CCOC1C. The summed E-state index contributed by atoms with van der Waals surface area (Å²) in [7, 11) is 0. The van der Waals surface area contributed by atoms with Crippen LogP contribution in [0.1, 0.15) is 31.7 Å². The molecule has 2 unspecified atom stereocenters. The Morgan fingerprint density at radius 2 is 2.33 bits per heavy atom. The van der Waals surface area contributed by atoms with Gasteiger partial charge in [-0.15, -0.1) is 0 Å². The highest BCUT2D eigenvalue weighted by molar-refractivity contribution is 6.31. The molecule has 102 valence electrons. The highest BCUT2D eigenvalue weighted by Gasteiger charge is 2.41. The van der Waals surface area contributed by atoms with E-state index >= 15 is 0 Å². The molecule has 0 amide bonds. The van der Waals surface area contributed by atoms with Crippen molar-refractivity contribution in [1.82, 2.24) is 9.78 Å². The van der Waals surface area contributed by atoms with E-state index in [0.717, 1.165) is 42.4 Å². The van der Waals surface area contributed by atoms with Gasteiger partial charge in [0.15, 0.2) is 0 Å². The molecular formula is C13H22ClN3O. The van der Waals surface area contributed by atoms with Gasteiger partial charge in [0.25, 0.3) is 0 Å². The minimum absolute atomic E-state index is 0.00301. The molecule has 0 radical (unpaired) electrons. The minimum atomic E-state index is 0.00301. The van der Waals surface area contributed by atoms with Crippen molar-refractivity contribution in [2.75, 3.05) is 13.2 Å². The fraction of sp³-hybridized carbons (Fsp3) is 0.769. The van der Waals surface area contributed by atoms with Gasteiger partial charge in [-0.3, -0.25) is 4.68 Å². The van der Waals surface area contributed by atoms with Crippen molar-refractivity contribution in [3.63, 3.8) is 0 Å². The molecule has 2 N–H and O–H groups in total. The van der Waals surface area contributed by atoms with Gasteiger partial charge >= 0.3 is 0 Å². The third-order valence-corrected chi connectivity index (χ3v) is 4.70. The lowest BCUT2D eigenvalue weighted by Crippen LogP contribution is -2.39. The first kappa shape index (κ1) is 13.8. The number of halogens is 1. The quantitative estimate of drug-likeness (QED) is 0.913. The molecule has 2 atom stereocenters. The number of rotatable bonds is 4. The maximum Gasteiger partial charge on any atom is 0.0847 e. The van der Waals surface area contributed by atoms with E-state index in [1.165, 1.54) is 0 Å². The number of aromatic nitrogens is 2. The Labute approximate surface area is 113 Å². The summed E-state index contributed by atoms with van der Waals surface area (Å²) in [5.41, 5.74) is 8.00. The Bertz CT molecular complexity index is 432. The van der Waals surface area contributed by atoms with Crippen LogP contribution in [0.5, 0.6) is 0 Å². The zero-order valence-corrected chi connectivity index (χ0v) is 12.1. The van der Waals surface area contributed by atoms with E-state index in [0.29, 0.717) is 6.54 Å². The van der Waals surface area contributed by atoms with Crippen LogP contribution in [-0.4, -0.2) is 29.0 Å². The minimum Gasteiger partial charge on any atom is -0.378 e. The number of aryl methyl sites for hydroxylation is 2. The van der Waals surface area contributed by atoms with Crippen molar-refractivity contribution in [2.45, 2.75) is 46.3 Å². The molecule has 4 nitrogen and oxygen atoms in total. The van der Waals surface area contributed by atoms with Crippen LogP contribution in [-0.2, 0) is 17.7 Å². The standard InChI is InChI=1S/C13H22ClN3O/c1-4-17-11(12(14)9(2)16-17)7-13(8-15)5-6-18-10(13)3/h10H,4-8,15H2,1-3H3. The Hall–Kier alpha value is -0.580. The molecule has 1 aliphatic heterocycles. The van der Waals surface area contributed by atoms with E-state index in [4.69, 9.17) is 22.1 Å². The summed E-state index contributed by atoms with van der Waals surface area (Å²) in [6.07, 6.45) is 2.02. The second-order valence-corrected chi connectivity index (χ2v) is 5.55. The van der Waals surface area contributed by atoms with Crippen molar-refractivity contribution in [3.05, 3.63) is 16.4 Å². The van der Waals surface area contributed by atoms with E-state index in [2.05, 4.69) is 18.9 Å². The second-order valence-electron chi connectivity index (χ2n) is 5.17. The largest absolute Gasteiger partial charge is 0.378 e. The van der Waals surface area contributed by atoms with Gasteiger partial charge in [0.05, 0.1) is 22.5 Å². The Morgan fingerprint density at radius 3 is 2.83 bits per heavy atom. The fourth-order valence-corrected chi connectivity index (χ4v) is 2.96. The zero-order valence-electron chi connectivity index (χ0n) is 11.4. The third kappa shape index (κ3) is 2.17. The van der Waals surface area contributed by atoms with Crippen molar-refractivity contribution < 1.29 is 4.74 Å². The van der Waals surface area contributed by atoms with Crippen molar-refractivity contribution in [3.8, 4) is 0 Å². The number of nitrogens with zero attached hydrogens (tertiary/aromatic N) is 2. The average Bonchev–Trinajstić information content (AvgIpc) is 2.85. The Balaban J connectivity index is 2.33. The lowest BCUT2D eigenvalue weighted by molar-refractivity contribution is 0.0664. The van der Waals surface area contributed by atoms with Crippen LogP contribution >= 0.6 is 11.6 Å². The molecule has 2 heterocycles. The molecule has 0 bridgehead atoms. The molecule has 0 aliphatic carbocycles. The van der Waals surface area contributed by atoms with Gasteiger partial charge in [-0.05, 0) is 27.2 Å². The van der Waals surface area contributed by atoms with Crippen molar-refractivity contribution in [1.29, 1.82) is 0 Å². The Morgan fingerprint density at radius 1 is 1.61 bits per heavy atom. The monoisotopic (exact) mass is 271 g/mol. The van der Waals surface area contributed by atoms with E-state index in [1.807, 2.05) is 11.6 Å². The van der Waals surface area contributed by atoms with E-state index < -0.39 is 0 Å². The Kier molecular flexibility index (Phi) is 3.99. The van der Waals surface area contributed by atoms with Gasteiger partial charge < -0.3 is 10.5 Å². The predicted molar refractivity (Wildman–Crippen MR) is 72.9 cm³/mol. The van der Waals surface area contributed by atoms with Crippen molar-refractivity contribution >= 4 is 11.6 Å². The molecule has 2 rings (SSSR count). The predicted octanol–water partition coefficient (Wildman–Crippen LogP) is 2.16. The van der Waals surface area contributed by atoms with Crippen LogP contribution in [0.15, 0.2) is 0 Å². The summed E-state index contributed by atoms with van der Waals surface area (Å²) in [5.74, 6) is 0. The number of hydrogen-bond acceptors (Lipinski definition) is 3. The fourth-order valence-electron chi connectivity index (χ4n) is 2.76.